The normalized spacial score (nSPS) is 13.0. The fourth-order valence-electron chi connectivity index (χ4n) is 4.60. The largest absolute Gasteiger partial charge is 0.465 e. The van der Waals surface area contributed by atoms with Gasteiger partial charge in [-0.3, -0.25) is 13.9 Å². The minimum atomic E-state index is -4.24. The Balaban J connectivity index is 1.73. The van der Waals surface area contributed by atoms with Crippen molar-refractivity contribution in [3.8, 4) is 0 Å². The number of hydrogen-bond acceptors (Lipinski definition) is 7. The number of esters is 1. The Hall–Kier alpha value is -4.76. The first-order chi connectivity index (χ1) is 20.8. The van der Waals surface area contributed by atoms with Crippen molar-refractivity contribution in [3.63, 3.8) is 0 Å². The van der Waals surface area contributed by atoms with Gasteiger partial charge >= 0.3 is 16.1 Å². The summed E-state index contributed by atoms with van der Waals surface area (Å²) in [5.74, 6) is -3.23. The first kappa shape index (κ1) is 31.2. The Labute approximate surface area is 252 Å². The van der Waals surface area contributed by atoms with E-state index in [1.807, 2.05) is 73.7 Å². The molecule has 2 atom stereocenters. The van der Waals surface area contributed by atoms with Gasteiger partial charge in [0, 0.05) is 18.9 Å². The van der Waals surface area contributed by atoms with Gasteiger partial charge in [0.2, 0.25) is 5.91 Å². The lowest BCUT2D eigenvalue weighted by Crippen LogP contribution is -2.40. The number of aryl methyl sites for hydroxylation is 1. The van der Waals surface area contributed by atoms with Crippen LogP contribution in [-0.2, 0) is 35.3 Å². The minimum Gasteiger partial charge on any atom is -0.465 e. The van der Waals surface area contributed by atoms with E-state index < -0.39 is 33.8 Å². The molecule has 0 aliphatic heterocycles. The molecule has 0 fully saturated rings. The SMILES string of the molecule is CCOC(=O)C(C(=O)NCc1ccccc1)C(C/C(=N\OS(=O)(=O)c1ccc(C)cc1)c1ccccc1)c1ccccc1. The van der Waals surface area contributed by atoms with Gasteiger partial charge in [-0.05, 0) is 42.7 Å². The van der Waals surface area contributed by atoms with Gasteiger partial charge in [0.15, 0.2) is 0 Å². The van der Waals surface area contributed by atoms with Crippen molar-refractivity contribution in [1.29, 1.82) is 0 Å². The molecule has 0 saturated heterocycles. The minimum absolute atomic E-state index is 0.000315. The second-order valence-electron chi connectivity index (χ2n) is 9.90. The zero-order chi connectivity index (χ0) is 30.7. The number of carbonyl (C=O) groups is 2. The van der Waals surface area contributed by atoms with Crippen LogP contribution < -0.4 is 5.32 Å². The predicted octanol–water partition coefficient (Wildman–Crippen LogP) is 5.77. The van der Waals surface area contributed by atoms with E-state index in [0.717, 1.165) is 11.1 Å². The van der Waals surface area contributed by atoms with E-state index in [9.17, 15) is 18.0 Å². The van der Waals surface area contributed by atoms with Crippen molar-refractivity contribution < 1.29 is 27.0 Å². The number of carbonyl (C=O) groups excluding carboxylic acids is 2. The number of hydrogen-bond donors (Lipinski definition) is 1. The Kier molecular flexibility index (Phi) is 10.8. The third kappa shape index (κ3) is 8.62. The fourth-order valence-corrected chi connectivity index (χ4v) is 5.34. The molecule has 0 aliphatic carbocycles. The predicted molar refractivity (Wildman–Crippen MR) is 165 cm³/mol. The van der Waals surface area contributed by atoms with E-state index >= 15 is 0 Å². The highest BCUT2D eigenvalue weighted by atomic mass is 32.2. The fraction of sp³-hybridized carbons (Fsp3) is 0.206. The highest BCUT2D eigenvalue weighted by molar-refractivity contribution is 7.86. The van der Waals surface area contributed by atoms with Crippen molar-refractivity contribution in [2.75, 3.05) is 6.61 Å². The van der Waals surface area contributed by atoms with Gasteiger partial charge in [-0.1, -0.05) is 114 Å². The van der Waals surface area contributed by atoms with Crippen LogP contribution in [0.15, 0.2) is 125 Å². The molecule has 0 bridgehead atoms. The molecule has 4 aromatic carbocycles. The molecule has 9 heteroatoms. The number of nitrogens with zero attached hydrogens (tertiary/aromatic N) is 1. The van der Waals surface area contributed by atoms with Gasteiger partial charge in [-0.15, -0.1) is 0 Å². The maximum atomic E-state index is 13.7. The summed E-state index contributed by atoms with van der Waals surface area (Å²) in [5.41, 5.74) is 3.27. The lowest BCUT2D eigenvalue weighted by molar-refractivity contribution is -0.153. The molecule has 0 spiro atoms. The second-order valence-corrected chi connectivity index (χ2v) is 11.4. The van der Waals surface area contributed by atoms with Crippen LogP contribution in [0.25, 0.3) is 0 Å². The van der Waals surface area contributed by atoms with Crippen LogP contribution in [0.4, 0.5) is 0 Å². The summed E-state index contributed by atoms with van der Waals surface area (Å²) in [7, 11) is -4.24. The standard InChI is InChI=1S/C34H34N2O6S/c1-3-41-34(38)32(33(37)35-24-26-13-7-4-8-14-26)30(27-15-9-5-10-16-27)23-31(28-17-11-6-12-18-28)36-42-43(39,40)29-21-19-25(2)20-22-29/h4-22,30,32H,3,23-24H2,1-2H3,(H,35,37)/b36-31+. The third-order valence-corrected chi connectivity index (χ3v) is 7.96. The van der Waals surface area contributed by atoms with Gasteiger partial charge in [0.05, 0.1) is 12.3 Å². The number of oxime groups is 1. The van der Waals surface area contributed by atoms with E-state index in [0.29, 0.717) is 11.1 Å². The summed E-state index contributed by atoms with van der Waals surface area (Å²) >= 11 is 0. The zero-order valence-electron chi connectivity index (χ0n) is 24.1. The molecular formula is C34H34N2O6S. The van der Waals surface area contributed by atoms with E-state index in [-0.39, 0.29) is 30.2 Å². The number of rotatable bonds is 13. The summed E-state index contributed by atoms with van der Waals surface area (Å²) in [6.45, 7) is 3.83. The molecule has 1 N–H and O–H groups in total. The average Bonchev–Trinajstić information content (AvgIpc) is 3.03. The van der Waals surface area contributed by atoms with Crippen molar-refractivity contribution in [2.24, 2.45) is 11.1 Å². The van der Waals surface area contributed by atoms with Gasteiger partial charge in [-0.25, -0.2) is 0 Å². The smallest absolute Gasteiger partial charge is 0.358 e. The summed E-state index contributed by atoms with van der Waals surface area (Å²) in [4.78, 5) is 27.1. The molecule has 0 aliphatic rings. The molecule has 8 nitrogen and oxygen atoms in total. The summed E-state index contributed by atoms with van der Waals surface area (Å²) in [6.07, 6.45) is -0.000315. The highest BCUT2D eigenvalue weighted by Crippen LogP contribution is 2.32. The first-order valence-corrected chi connectivity index (χ1v) is 15.3. The lowest BCUT2D eigenvalue weighted by atomic mass is 9.80. The van der Waals surface area contributed by atoms with Crippen LogP contribution in [0, 0.1) is 12.8 Å². The Bertz CT molecular complexity index is 1630. The lowest BCUT2D eigenvalue weighted by Gasteiger charge is -2.26. The van der Waals surface area contributed by atoms with Crippen molar-refractivity contribution in [1.82, 2.24) is 5.32 Å². The maximum absolute atomic E-state index is 13.7. The maximum Gasteiger partial charge on any atom is 0.358 e. The molecule has 0 heterocycles. The Morgan fingerprint density at radius 1 is 0.814 bits per heavy atom. The van der Waals surface area contributed by atoms with Crippen LogP contribution >= 0.6 is 0 Å². The molecule has 1 amide bonds. The molecule has 4 rings (SSSR count). The van der Waals surface area contributed by atoms with Crippen LogP contribution in [0.2, 0.25) is 0 Å². The molecule has 43 heavy (non-hydrogen) atoms. The number of ether oxygens (including phenoxy) is 1. The van der Waals surface area contributed by atoms with Crippen molar-refractivity contribution >= 4 is 27.7 Å². The number of amides is 1. The molecule has 0 aromatic heterocycles. The molecule has 0 saturated carbocycles. The molecule has 2 unspecified atom stereocenters. The second kappa shape index (κ2) is 14.9. The molecule has 222 valence electrons. The van der Waals surface area contributed by atoms with Crippen molar-refractivity contribution in [2.45, 2.75) is 37.6 Å². The molecular weight excluding hydrogens is 564 g/mol. The van der Waals surface area contributed by atoms with Gasteiger partial charge in [-0.2, -0.15) is 8.42 Å². The van der Waals surface area contributed by atoms with Crippen LogP contribution in [0.5, 0.6) is 0 Å². The molecule has 4 aromatic rings. The van der Waals surface area contributed by atoms with E-state index in [1.54, 1.807) is 43.3 Å². The van der Waals surface area contributed by atoms with Crippen LogP contribution in [0.1, 0.15) is 41.5 Å². The number of nitrogens with one attached hydrogen (secondary N) is 1. The zero-order valence-corrected chi connectivity index (χ0v) is 24.9. The van der Waals surface area contributed by atoms with Crippen LogP contribution in [-0.4, -0.2) is 32.6 Å². The summed E-state index contributed by atoms with van der Waals surface area (Å²) < 4.78 is 36.6. The first-order valence-electron chi connectivity index (χ1n) is 13.9. The van der Waals surface area contributed by atoms with Gasteiger partial charge < -0.3 is 10.1 Å². The quantitative estimate of drug-likeness (QED) is 0.0905. The Morgan fingerprint density at radius 2 is 1.40 bits per heavy atom. The summed E-state index contributed by atoms with van der Waals surface area (Å²) in [5, 5.41) is 6.99. The third-order valence-electron chi connectivity index (χ3n) is 6.84. The monoisotopic (exact) mass is 598 g/mol. The summed E-state index contributed by atoms with van der Waals surface area (Å²) in [6, 6.07) is 33.6. The van der Waals surface area contributed by atoms with Gasteiger partial charge in [0.25, 0.3) is 0 Å². The van der Waals surface area contributed by atoms with E-state index in [1.165, 1.54) is 12.1 Å². The van der Waals surface area contributed by atoms with Gasteiger partial charge in [0.1, 0.15) is 10.8 Å². The highest BCUT2D eigenvalue weighted by Gasteiger charge is 2.38. The van der Waals surface area contributed by atoms with Crippen LogP contribution in [0.3, 0.4) is 0 Å². The number of benzene rings is 4. The van der Waals surface area contributed by atoms with Crippen molar-refractivity contribution in [3.05, 3.63) is 138 Å². The Morgan fingerprint density at radius 3 is 2.00 bits per heavy atom. The van der Waals surface area contributed by atoms with E-state index in [4.69, 9.17) is 9.02 Å². The molecule has 0 radical (unpaired) electrons. The van der Waals surface area contributed by atoms with E-state index in [2.05, 4.69) is 10.5 Å². The topological polar surface area (TPSA) is 111 Å². The average molecular weight is 599 g/mol.